The molecule has 1 aromatic rings. The largest absolute Gasteiger partial charge is 0.399 e. The van der Waals surface area contributed by atoms with E-state index in [0.29, 0.717) is 11.7 Å². The van der Waals surface area contributed by atoms with E-state index in [0.717, 1.165) is 17.7 Å². The van der Waals surface area contributed by atoms with Gasteiger partial charge in [0.15, 0.2) is 5.78 Å². The minimum absolute atomic E-state index is 0.217. The Bertz CT molecular complexity index is 400. The number of rotatable bonds is 0. The van der Waals surface area contributed by atoms with Crippen molar-refractivity contribution in [2.45, 2.75) is 12.5 Å². The third-order valence-corrected chi connectivity index (χ3v) is 2.78. The van der Waals surface area contributed by atoms with Crippen molar-refractivity contribution in [3.05, 3.63) is 23.8 Å². The van der Waals surface area contributed by atoms with Crippen LogP contribution in [-0.4, -0.2) is 11.8 Å². The molecule has 13 heavy (non-hydrogen) atoms. The molecule has 0 radical (unpaired) electrons. The lowest BCUT2D eigenvalue weighted by Gasteiger charge is -2.16. The van der Waals surface area contributed by atoms with E-state index in [1.54, 1.807) is 6.07 Å². The molecule has 66 valence electrons. The van der Waals surface area contributed by atoms with Gasteiger partial charge in [0.05, 0.1) is 0 Å². The van der Waals surface area contributed by atoms with Crippen LogP contribution in [0.4, 0.5) is 11.4 Å². The number of Topliss-reactive ketones (excluding diaryl/α,β-unsaturated/α-hetero) is 1. The molecule has 2 atom stereocenters. The lowest BCUT2D eigenvalue weighted by Crippen LogP contribution is -2.19. The summed E-state index contributed by atoms with van der Waals surface area (Å²) in [7, 11) is 0. The molecule has 3 heteroatoms. The predicted molar refractivity (Wildman–Crippen MR) is 50.7 cm³/mol. The fourth-order valence-electron chi connectivity index (χ4n) is 1.94. The van der Waals surface area contributed by atoms with Crippen molar-refractivity contribution >= 4 is 17.2 Å². The quantitative estimate of drug-likeness (QED) is 0.582. The SMILES string of the molecule is Nc1ccc2c(c1)C(=O)C1CC1N2. The molecule has 1 fully saturated rings. The maximum atomic E-state index is 11.7. The summed E-state index contributed by atoms with van der Waals surface area (Å²) in [5.41, 5.74) is 7.99. The summed E-state index contributed by atoms with van der Waals surface area (Å²) in [5.74, 6) is 0.473. The molecule has 0 aromatic heterocycles. The van der Waals surface area contributed by atoms with Crippen LogP contribution in [0.5, 0.6) is 0 Å². The lowest BCUT2D eigenvalue weighted by molar-refractivity contribution is 0.0964. The zero-order valence-electron chi connectivity index (χ0n) is 7.08. The first-order valence-corrected chi connectivity index (χ1v) is 4.46. The fourth-order valence-corrected chi connectivity index (χ4v) is 1.94. The van der Waals surface area contributed by atoms with Crippen LogP contribution in [0.25, 0.3) is 0 Å². The molecular formula is C10H10N2O. The standard InChI is InChI=1S/C10H10N2O/c11-5-1-2-8-6(3-5)10(13)7-4-9(7)12-8/h1-3,7,9,12H,4,11H2. The summed E-state index contributed by atoms with van der Waals surface area (Å²) in [4.78, 5) is 11.7. The number of carbonyl (C=O) groups excluding carboxylic acids is 1. The van der Waals surface area contributed by atoms with Gasteiger partial charge in [0.25, 0.3) is 0 Å². The van der Waals surface area contributed by atoms with Crippen molar-refractivity contribution in [3.8, 4) is 0 Å². The van der Waals surface area contributed by atoms with E-state index >= 15 is 0 Å². The van der Waals surface area contributed by atoms with E-state index < -0.39 is 0 Å². The lowest BCUT2D eigenvalue weighted by atomic mass is 10.0. The van der Waals surface area contributed by atoms with E-state index in [9.17, 15) is 4.79 Å². The number of benzene rings is 1. The number of ketones is 1. The molecule has 0 saturated heterocycles. The Balaban J connectivity index is 2.16. The number of hydrogen-bond donors (Lipinski definition) is 2. The average Bonchev–Trinajstić information content (AvgIpc) is 2.86. The summed E-state index contributed by atoms with van der Waals surface area (Å²) in [6.45, 7) is 0. The maximum absolute atomic E-state index is 11.7. The highest BCUT2D eigenvalue weighted by Gasteiger charge is 2.47. The van der Waals surface area contributed by atoms with Gasteiger partial charge >= 0.3 is 0 Å². The first-order chi connectivity index (χ1) is 6.25. The Morgan fingerprint density at radius 2 is 2.31 bits per heavy atom. The molecular weight excluding hydrogens is 164 g/mol. The first kappa shape index (κ1) is 6.95. The van der Waals surface area contributed by atoms with Gasteiger partial charge in [0.1, 0.15) is 0 Å². The van der Waals surface area contributed by atoms with Gasteiger partial charge in [0, 0.05) is 28.9 Å². The Labute approximate surface area is 75.9 Å². The molecule has 0 amide bonds. The molecule has 2 aliphatic rings. The average molecular weight is 174 g/mol. The van der Waals surface area contributed by atoms with E-state index in [2.05, 4.69) is 5.32 Å². The molecule has 1 saturated carbocycles. The van der Waals surface area contributed by atoms with Crippen LogP contribution < -0.4 is 11.1 Å². The second kappa shape index (κ2) is 2.05. The highest BCUT2D eigenvalue weighted by molar-refractivity contribution is 6.07. The van der Waals surface area contributed by atoms with E-state index in [1.165, 1.54) is 0 Å². The van der Waals surface area contributed by atoms with Crippen molar-refractivity contribution in [2.75, 3.05) is 11.1 Å². The topological polar surface area (TPSA) is 55.1 Å². The minimum atomic E-state index is 0.217. The van der Waals surface area contributed by atoms with Gasteiger partial charge in [-0.3, -0.25) is 4.79 Å². The summed E-state index contributed by atoms with van der Waals surface area (Å²) in [6, 6.07) is 5.86. The molecule has 0 bridgehead atoms. The van der Waals surface area contributed by atoms with Crippen LogP contribution in [0.2, 0.25) is 0 Å². The van der Waals surface area contributed by atoms with Gasteiger partial charge in [-0.25, -0.2) is 0 Å². The van der Waals surface area contributed by atoms with E-state index in [1.807, 2.05) is 12.1 Å². The van der Waals surface area contributed by atoms with Crippen LogP contribution in [0, 0.1) is 5.92 Å². The molecule has 0 spiro atoms. The van der Waals surface area contributed by atoms with Gasteiger partial charge in [-0.05, 0) is 24.6 Å². The Morgan fingerprint density at radius 3 is 3.15 bits per heavy atom. The van der Waals surface area contributed by atoms with Crippen molar-refractivity contribution in [1.82, 2.24) is 0 Å². The van der Waals surface area contributed by atoms with Crippen LogP contribution in [0.1, 0.15) is 16.8 Å². The highest BCUT2D eigenvalue weighted by atomic mass is 16.1. The van der Waals surface area contributed by atoms with E-state index in [-0.39, 0.29) is 11.7 Å². The third kappa shape index (κ3) is 0.869. The predicted octanol–water partition coefficient (Wildman–Crippen LogP) is 1.27. The van der Waals surface area contributed by atoms with Crippen LogP contribution in [0.15, 0.2) is 18.2 Å². The Hall–Kier alpha value is -1.51. The molecule has 3 N–H and O–H groups in total. The molecule has 1 aliphatic heterocycles. The third-order valence-electron chi connectivity index (χ3n) is 2.78. The van der Waals surface area contributed by atoms with E-state index in [4.69, 9.17) is 5.73 Å². The first-order valence-electron chi connectivity index (χ1n) is 4.46. The fraction of sp³-hybridized carbons (Fsp3) is 0.300. The van der Waals surface area contributed by atoms with Gasteiger partial charge in [-0.2, -0.15) is 0 Å². The molecule has 1 heterocycles. The molecule has 1 aliphatic carbocycles. The number of nitrogens with one attached hydrogen (secondary N) is 1. The Morgan fingerprint density at radius 1 is 1.46 bits per heavy atom. The number of nitrogen functional groups attached to an aromatic ring is 1. The zero-order valence-corrected chi connectivity index (χ0v) is 7.08. The summed E-state index contributed by atoms with van der Waals surface area (Å²) in [5, 5.41) is 3.32. The molecule has 3 nitrogen and oxygen atoms in total. The van der Waals surface area contributed by atoms with Crippen molar-refractivity contribution < 1.29 is 4.79 Å². The minimum Gasteiger partial charge on any atom is -0.399 e. The molecule has 3 rings (SSSR count). The van der Waals surface area contributed by atoms with Gasteiger partial charge in [-0.1, -0.05) is 0 Å². The number of nitrogens with two attached hydrogens (primary N) is 1. The summed E-state index contributed by atoms with van der Waals surface area (Å²) in [6.07, 6.45) is 0.980. The van der Waals surface area contributed by atoms with Crippen molar-refractivity contribution in [2.24, 2.45) is 5.92 Å². The number of hydrogen-bond acceptors (Lipinski definition) is 3. The van der Waals surface area contributed by atoms with Crippen LogP contribution in [-0.2, 0) is 0 Å². The van der Waals surface area contributed by atoms with Crippen molar-refractivity contribution in [1.29, 1.82) is 0 Å². The highest BCUT2D eigenvalue weighted by Crippen LogP contribution is 2.42. The summed E-state index contributed by atoms with van der Waals surface area (Å²) >= 11 is 0. The monoisotopic (exact) mass is 174 g/mol. The number of fused-ring (bicyclic) bond motifs is 2. The number of carbonyl (C=O) groups is 1. The maximum Gasteiger partial charge on any atom is 0.170 e. The smallest absolute Gasteiger partial charge is 0.170 e. The second-order valence-corrected chi connectivity index (χ2v) is 3.76. The van der Waals surface area contributed by atoms with Crippen molar-refractivity contribution in [3.63, 3.8) is 0 Å². The van der Waals surface area contributed by atoms with Gasteiger partial charge < -0.3 is 11.1 Å². The summed E-state index contributed by atoms with van der Waals surface area (Å²) < 4.78 is 0. The zero-order chi connectivity index (χ0) is 9.00. The molecule has 1 aromatic carbocycles. The van der Waals surface area contributed by atoms with Crippen LogP contribution >= 0.6 is 0 Å². The normalized spacial score (nSPS) is 28.8. The second-order valence-electron chi connectivity index (χ2n) is 3.76. The van der Waals surface area contributed by atoms with Crippen LogP contribution in [0.3, 0.4) is 0 Å². The van der Waals surface area contributed by atoms with Gasteiger partial charge in [-0.15, -0.1) is 0 Å². The Kier molecular flexibility index (Phi) is 1.09. The number of anilines is 2. The van der Waals surface area contributed by atoms with Gasteiger partial charge in [0.2, 0.25) is 0 Å². The molecule has 2 unspecified atom stereocenters.